The van der Waals surface area contributed by atoms with E-state index in [1.165, 1.54) is 27.6 Å². The molecular weight excluding hydrogens is 246 g/mol. The zero-order valence-corrected chi connectivity index (χ0v) is 12.6. The molecule has 2 heterocycles. The van der Waals surface area contributed by atoms with E-state index in [-0.39, 0.29) is 6.04 Å². The van der Waals surface area contributed by atoms with Crippen LogP contribution in [0.4, 0.5) is 0 Å². The number of benzene rings is 1. The van der Waals surface area contributed by atoms with Gasteiger partial charge in [-0.05, 0) is 41.7 Å². The van der Waals surface area contributed by atoms with Gasteiger partial charge in [-0.15, -0.1) is 0 Å². The molecule has 0 fully saturated rings. The summed E-state index contributed by atoms with van der Waals surface area (Å²) in [4.78, 5) is 0. The highest BCUT2D eigenvalue weighted by molar-refractivity contribution is 5.86. The summed E-state index contributed by atoms with van der Waals surface area (Å²) >= 11 is 0. The Kier molecular flexibility index (Phi) is 3.81. The number of fused-ring (bicyclic) bond motifs is 2. The number of hydrogen-bond acceptors (Lipinski definition) is 2. The first-order valence-corrected chi connectivity index (χ1v) is 7.85. The minimum absolute atomic E-state index is 0.160. The third-order valence-corrected chi connectivity index (χ3v) is 4.33. The van der Waals surface area contributed by atoms with Crippen LogP contribution in [0.25, 0.3) is 10.9 Å². The van der Waals surface area contributed by atoms with Gasteiger partial charge in [-0.2, -0.15) is 0 Å². The Morgan fingerprint density at radius 3 is 2.65 bits per heavy atom. The molecule has 3 nitrogen and oxygen atoms in total. The quantitative estimate of drug-likeness (QED) is 0.874. The summed E-state index contributed by atoms with van der Waals surface area (Å²) < 4.78 is 2.39. The van der Waals surface area contributed by atoms with Gasteiger partial charge in [0.15, 0.2) is 0 Å². The lowest BCUT2D eigenvalue weighted by Gasteiger charge is -2.09. The van der Waals surface area contributed by atoms with E-state index < -0.39 is 0 Å². The highest BCUT2D eigenvalue weighted by Gasteiger charge is 2.18. The van der Waals surface area contributed by atoms with Crippen LogP contribution in [0.15, 0.2) is 18.3 Å². The predicted molar refractivity (Wildman–Crippen MR) is 84.6 cm³/mol. The maximum absolute atomic E-state index is 6.40. The van der Waals surface area contributed by atoms with Crippen molar-refractivity contribution in [2.75, 3.05) is 0 Å². The second-order valence-corrected chi connectivity index (χ2v) is 5.91. The second kappa shape index (κ2) is 5.58. The highest BCUT2D eigenvalue weighted by atomic mass is 15.0. The van der Waals surface area contributed by atoms with Crippen LogP contribution in [-0.2, 0) is 19.6 Å². The molecule has 3 heteroatoms. The maximum atomic E-state index is 6.40. The summed E-state index contributed by atoms with van der Waals surface area (Å²) in [5.41, 5.74) is 12.0. The van der Waals surface area contributed by atoms with E-state index in [4.69, 9.17) is 5.73 Å². The summed E-state index contributed by atoms with van der Waals surface area (Å²) in [6.07, 6.45) is 5.63. The van der Waals surface area contributed by atoms with Crippen LogP contribution in [0.5, 0.6) is 0 Å². The van der Waals surface area contributed by atoms with E-state index in [1.807, 2.05) is 0 Å². The van der Waals surface area contributed by atoms with Crippen molar-refractivity contribution in [2.24, 2.45) is 5.73 Å². The number of nitrogens with two attached hydrogens (primary N) is 1. The molecule has 0 radical (unpaired) electrons. The molecule has 1 aliphatic heterocycles. The largest absolute Gasteiger partial charge is 0.347 e. The van der Waals surface area contributed by atoms with Gasteiger partial charge in [0.1, 0.15) is 0 Å². The van der Waals surface area contributed by atoms with Gasteiger partial charge < -0.3 is 15.6 Å². The molecule has 3 N–H and O–H groups in total. The van der Waals surface area contributed by atoms with Gasteiger partial charge in [-0.25, -0.2) is 0 Å². The molecule has 1 aromatic carbocycles. The summed E-state index contributed by atoms with van der Waals surface area (Å²) in [5.74, 6) is 0. The SMILES string of the molecule is CCCC(N)c1cn(CCC)c2cc3c(cc12)CNC3. The van der Waals surface area contributed by atoms with Gasteiger partial charge in [0.05, 0.1) is 0 Å². The van der Waals surface area contributed by atoms with Crippen molar-refractivity contribution in [3.63, 3.8) is 0 Å². The minimum Gasteiger partial charge on any atom is -0.347 e. The van der Waals surface area contributed by atoms with E-state index >= 15 is 0 Å². The van der Waals surface area contributed by atoms with Gasteiger partial charge in [0, 0.05) is 42.8 Å². The van der Waals surface area contributed by atoms with Crippen molar-refractivity contribution < 1.29 is 0 Å². The van der Waals surface area contributed by atoms with Crippen molar-refractivity contribution in [1.82, 2.24) is 9.88 Å². The molecule has 108 valence electrons. The molecule has 0 saturated carbocycles. The molecule has 0 saturated heterocycles. The van der Waals surface area contributed by atoms with Crippen LogP contribution in [-0.4, -0.2) is 4.57 Å². The van der Waals surface area contributed by atoms with Gasteiger partial charge in [-0.1, -0.05) is 20.3 Å². The topological polar surface area (TPSA) is 43.0 Å². The number of hydrogen-bond donors (Lipinski definition) is 2. The van der Waals surface area contributed by atoms with Gasteiger partial charge in [-0.3, -0.25) is 0 Å². The normalized spacial score (nSPS) is 15.8. The molecule has 1 atom stereocenters. The maximum Gasteiger partial charge on any atom is 0.0487 e. The lowest BCUT2D eigenvalue weighted by atomic mass is 10.00. The summed E-state index contributed by atoms with van der Waals surface area (Å²) in [5, 5.41) is 4.80. The minimum atomic E-state index is 0.160. The molecule has 3 rings (SSSR count). The lowest BCUT2D eigenvalue weighted by molar-refractivity contribution is 0.633. The molecular formula is C17H25N3. The molecule has 0 amide bonds. The van der Waals surface area contributed by atoms with E-state index in [0.717, 1.165) is 38.9 Å². The average Bonchev–Trinajstić information content (AvgIpc) is 3.02. The molecule has 20 heavy (non-hydrogen) atoms. The second-order valence-electron chi connectivity index (χ2n) is 5.91. The van der Waals surface area contributed by atoms with Crippen molar-refractivity contribution >= 4 is 10.9 Å². The standard InChI is InChI=1S/C17H25N3/c1-3-5-16(18)15-11-20(6-4-2)17-8-13-10-19-9-12(13)7-14(15)17/h7-8,11,16,19H,3-6,9-10,18H2,1-2H3. The number of nitrogens with zero attached hydrogens (tertiary/aromatic N) is 1. The summed E-state index contributed by atoms with van der Waals surface area (Å²) in [6, 6.07) is 4.89. The Bertz CT molecular complexity index is 612. The van der Waals surface area contributed by atoms with E-state index in [0.29, 0.717) is 0 Å². The van der Waals surface area contributed by atoms with Crippen molar-refractivity contribution in [2.45, 2.75) is 58.8 Å². The predicted octanol–water partition coefficient (Wildman–Crippen LogP) is 3.45. The highest BCUT2D eigenvalue weighted by Crippen LogP contribution is 2.31. The van der Waals surface area contributed by atoms with Crippen LogP contribution < -0.4 is 11.1 Å². The van der Waals surface area contributed by atoms with E-state index in [1.54, 1.807) is 0 Å². The lowest BCUT2D eigenvalue weighted by Crippen LogP contribution is -2.09. The fourth-order valence-corrected chi connectivity index (χ4v) is 3.30. The van der Waals surface area contributed by atoms with Crippen molar-refractivity contribution in [1.29, 1.82) is 0 Å². The van der Waals surface area contributed by atoms with Gasteiger partial charge >= 0.3 is 0 Å². The number of nitrogens with one attached hydrogen (secondary N) is 1. The molecule has 0 spiro atoms. The first-order chi connectivity index (χ1) is 9.74. The Balaban J connectivity index is 2.14. The number of aryl methyl sites for hydroxylation is 1. The smallest absolute Gasteiger partial charge is 0.0487 e. The summed E-state index contributed by atoms with van der Waals surface area (Å²) in [6.45, 7) is 7.49. The molecule has 0 aliphatic carbocycles. The Morgan fingerprint density at radius 2 is 1.95 bits per heavy atom. The molecule has 1 aliphatic rings. The molecule has 0 bridgehead atoms. The molecule has 2 aromatic rings. The van der Waals surface area contributed by atoms with Crippen LogP contribution in [0.1, 0.15) is 55.8 Å². The zero-order valence-electron chi connectivity index (χ0n) is 12.6. The first-order valence-electron chi connectivity index (χ1n) is 7.85. The van der Waals surface area contributed by atoms with Crippen molar-refractivity contribution in [3.8, 4) is 0 Å². The van der Waals surface area contributed by atoms with Crippen molar-refractivity contribution in [3.05, 3.63) is 35.0 Å². The average molecular weight is 271 g/mol. The third kappa shape index (κ3) is 2.25. The van der Waals surface area contributed by atoms with Crippen LogP contribution >= 0.6 is 0 Å². The number of aromatic nitrogens is 1. The van der Waals surface area contributed by atoms with E-state index in [9.17, 15) is 0 Å². The fourth-order valence-electron chi connectivity index (χ4n) is 3.30. The Hall–Kier alpha value is -1.32. The van der Waals surface area contributed by atoms with Crippen LogP contribution in [0.3, 0.4) is 0 Å². The monoisotopic (exact) mass is 271 g/mol. The van der Waals surface area contributed by atoms with Gasteiger partial charge in [0.25, 0.3) is 0 Å². The first kappa shape index (κ1) is 13.7. The zero-order chi connectivity index (χ0) is 14.1. The molecule has 1 unspecified atom stereocenters. The van der Waals surface area contributed by atoms with E-state index in [2.05, 4.69) is 42.1 Å². The Morgan fingerprint density at radius 1 is 1.20 bits per heavy atom. The number of rotatable bonds is 5. The van der Waals surface area contributed by atoms with Crippen LogP contribution in [0.2, 0.25) is 0 Å². The third-order valence-electron chi connectivity index (χ3n) is 4.33. The van der Waals surface area contributed by atoms with Gasteiger partial charge in [0.2, 0.25) is 0 Å². The Labute approximate surface area is 121 Å². The van der Waals surface area contributed by atoms with Crippen LogP contribution in [0, 0.1) is 0 Å². The fraction of sp³-hybridized carbons (Fsp3) is 0.529. The molecule has 1 aromatic heterocycles. The summed E-state index contributed by atoms with van der Waals surface area (Å²) in [7, 11) is 0.